The van der Waals surface area contributed by atoms with Crippen LogP contribution in [0.5, 0.6) is 0 Å². The Kier molecular flexibility index (Phi) is 38.6. The molecule has 0 aliphatic heterocycles. The molecule has 5 aliphatic carbocycles. The number of aliphatic hydroxyl groups is 1. The van der Waals surface area contributed by atoms with Crippen LogP contribution in [-0.2, 0) is 64.4 Å². The average molecular weight is 1720 g/mol. The Labute approximate surface area is 718 Å². The number of aliphatic imine (C=N–C) groups is 1. The maximum absolute atomic E-state index is 12.4. The lowest BCUT2D eigenvalue weighted by Crippen LogP contribution is -2.46. The number of hydrogen-bond acceptors (Lipinski definition) is 14. The Balaban J connectivity index is 0.000000188. The predicted octanol–water partition coefficient (Wildman–Crippen LogP) is 23.4. The minimum Gasteiger partial charge on any atom is -0.444 e. The van der Waals surface area contributed by atoms with Crippen LogP contribution in [0.1, 0.15) is 230 Å². The quantitative estimate of drug-likeness (QED) is 0.0273. The molecule has 10 unspecified atom stereocenters. The van der Waals surface area contributed by atoms with Crippen LogP contribution in [0.3, 0.4) is 0 Å². The van der Waals surface area contributed by atoms with Crippen LogP contribution in [0, 0.1) is 20.8 Å². The third kappa shape index (κ3) is 37.7. The average Bonchev–Trinajstić information content (AvgIpc) is 0.854. The summed E-state index contributed by atoms with van der Waals surface area (Å²) >= 11 is 8.15. The highest BCUT2D eigenvalue weighted by Crippen LogP contribution is 2.32. The molecule has 5 fully saturated rings. The summed E-state index contributed by atoms with van der Waals surface area (Å²) in [6.07, 6.45) is 12.3. The number of alkyl halides is 3. The van der Waals surface area contributed by atoms with Gasteiger partial charge in [0.2, 0.25) is 0 Å². The van der Waals surface area contributed by atoms with E-state index < -0.39 is 34.9 Å². The van der Waals surface area contributed by atoms with E-state index in [1.807, 2.05) is 105 Å². The summed E-state index contributed by atoms with van der Waals surface area (Å²) < 4.78 is 78.3. The van der Waals surface area contributed by atoms with Crippen molar-refractivity contribution in [3.63, 3.8) is 0 Å². The van der Waals surface area contributed by atoms with Crippen molar-refractivity contribution in [2.24, 2.45) is 4.99 Å². The molecule has 17 nitrogen and oxygen atoms in total. The molecule has 12 rings (SSSR count). The van der Waals surface area contributed by atoms with Gasteiger partial charge in [0.15, 0.2) is 0 Å². The number of carbonyl (C=O) groups is 4. The lowest BCUT2D eigenvalue weighted by molar-refractivity contribution is -0.174. The largest absolute Gasteiger partial charge is 0.471 e. The zero-order chi connectivity index (χ0) is 86.1. The van der Waals surface area contributed by atoms with Crippen LogP contribution < -0.4 is 21.3 Å². The van der Waals surface area contributed by atoms with Crippen LogP contribution in [-0.4, -0.2) is 118 Å². The molecule has 0 spiro atoms. The monoisotopic (exact) mass is 1720 g/mol. The number of isothiocyanates is 1. The fourth-order valence-electron chi connectivity index (χ4n) is 15.0. The molecule has 10 atom stereocenters. The van der Waals surface area contributed by atoms with Crippen LogP contribution >= 0.6 is 28.1 Å². The van der Waals surface area contributed by atoms with Crippen molar-refractivity contribution in [3.8, 4) is 33.4 Å². The number of ether oxygens (including phenoxy) is 7. The van der Waals surface area contributed by atoms with Crippen LogP contribution in [0.4, 0.5) is 27.6 Å². The number of thiocarbonyl (C=S) groups is 1. The van der Waals surface area contributed by atoms with Gasteiger partial charge in [0.05, 0.1) is 68.2 Å². The third-order valence-electron chi connectivity index (χ3n) is 20.9. The summed E-state index contributed by atoms with van der Waals surface area (Å²) in [6.45, 7) is 25.3. The number of amides is 4. The molecule has 646 valence electrons. The molecule has 0 radical (unpaired) electrons. The second kappa shape index (κ2) is 47.8. The fraction of sp³-hybridized carbons (Fsp3) is 0.515. The van der Waals surface area contributed by atoms with Gasteiger partial charge in [-0.15, -0.1) is 0 Å². The van der Waals surface area contributed by atoms with Crippen molar-refractivity contribution in [3.05, 3.63) is 213 Å². The van der Waals surface area contributed by atoms with Crippen LogP contribution in [0.2, 0.25) is 0 Å². The molecular formula is C97H127BrF3N5O12S. The van der Waals surface area contributed by atoms with Gasteiger partial charge < -0.3 is 59.5 Å². The smallest absolute Gasteiger partial charge is 0.444 e. The van der Waals surface area contributed by atoms with Gasteiger partial charge in [0.1, 0.15) is 16.8 Å². The zero-order valence-electron chi connectivity index (χ0n) is 71.7. The number of rotatable bonds is 20. The maximum atomic E-state index is 12.4. The molecule has 0 saturated heterocycles. The second-order valence-electron chi connectivity index (χ2n) is 35.1. The molecule has 4 amide bonds. The highest BCUT2D eigenvalue weighted by atomic mass is 79.9. The van der Waals surface area contributed by atoms with Gasteiger partial charge in [-0.3, -0.25) is 4.79 Å². The number of benzene rings is 7. The van der Waals surface area contributed by atoms with Crippen molar-refractivity contribution in [2.45, 2.75) is 322 Å². The SMILES string of the molecule is CC(C)(C)OC(=O)NC1CCCC(O)C1.CC(C)(C)OC(=O)NC1CCCC(OCc2ccc(Br)cc2)C1.Cc1cccc(-c2ccc(COC3CCCC(N=C=S)C3)cc2)c1.Cc1cccc(-c2ccc(COC3CCCC(NC(=O)C(F)(F)F)C3)cc2)c1.Cc1cccc(-c2ccc(COC3CCCC(NC(=O)OC(C)(C)C)C3)cc2)c1. The molecular weight excluding hydrogens is 1600 g/mol. The molecule has 5 saturated carbocycles. The van der Waals surface area contributed by atoms with Gasteiger partial charge in [-0.2, -0.15) is 13.2 Å². The Morgan fingerprint density at radius 3 is 1.00 bits per heavy atom. The van der Waals surface area contributed by atoms with Gasteiger partial charge >= 0.3 is 30.4 Å². The van der Waals surface area contributed by atoms with Crippen molar-refractivity contribution < 1.29 is 70.6 Å². The van der Waals surface area contributed by atoms with Crippen molar-refractivity contribution >= 4 is 57.5 Å². The summed E-state index contributed by atoms with van der Waals surface area (Å²) in [5, 5.41) is 22.8. The second-order valence-corrected chi connectivity index (χ2v) is 36.2. The first-order valence-electron chi connectivity index (χ1n) is 42.3. The first-order valence-corrected chi connectivity index (χ1v) is 43.5. The Bertz CT molecular complexity index is 4300. The highest BCUT2D eigenvalue weighted by Gasteiger charge is 2.41. The third-order valence-corrected chi connectivity index (χ3v) is 21.5. The zero-order valence-corrected chi connectivity index (χ0v) is 74.1. The predicted molar refractivity (Wildman–Crippen MR) is 473 cm³/mol. The van der Waals surface area contributed by atoms with Gasteiger partial charge in [-0.05, 0) is 291 Å². The van der Waals surface area contributed by atoms with Crippen molar-refractivity contribution in [1.29, 1.82) is 0 Å². The molecule has 5 N–H and O–H groups in total. The van der Waals surface area contributed by atoms with Gasteiger partial charge in [-0.1, -0.05) is 190 Å². The van der Waals surface area contributed by atoms with Crippen molar-refractivity contribution in [2.75, 3.05) is 0 Å². The molecule has 119 heavy (non-hydrogen) atoms. The van der Waals surface area contributed by atoms with Gasteiger partial charge in [-0.25, -0.2) is 19.4 Å². The Hall–Kier alpha value is -8.31. The molecule has 0 bridgehead atoms. The standard InChI is InChI=1S/C25H33NO3.C22H24F3NO2.C21H23NOS.C18H26BrNO3.C11H21NO3/c1-18-7-5-8-21(15-18)20-13-11-19(12-14-20)17-28-23-10-6-9-22(16-23)26-24(27)29-25(2,3)4;1-15-4-2-5-18(12-15)17-10-8-16(9-11-17)14-28-20-7-3-6-19(13-20)26-21(27)22(23,24)25;1-16-4-2-5-19(12-16)18-10-8-17(9-11-18)14-23-21-7-3-6-20(13-21)22-15-24;1-18(2,3)23-17(21)20-15-5-4-6-16(11-15)22-12-13-7-9-14(19)10-8-13;1-11(2,3)15-10(14)12-8-5-4-6-9(13)7-8/h5,7-8,11-15,22-23H,6,9-10,16-17H2,1-4H3,(H,26,27);2,4-5,8-12,19-20H,3,6-7,13-14H2,1H3,(H,26,27);2,4-5,8-12,20-21H,3,6-7,13-14H2,1H3;7-10,15-16H,4-6,11-12H2,1-3H3,(H,20,21);8-9,13H,4-7H2,1-3H3,(H,12,14). The summed E-state index contributed by atoms with van der Waals surface area (Å²) in [5.74, 6) is -1.87. The summed E-state index contributed by atoms with van der Waals surface area (Å²) in [4.78, 5) is 50.6. The fourth-order valence-corrected chi connectivity index (χ4v) is 15.4. The minimum absolute atomic E-state index is 0.0589. The van der Waals surface area contributed by atoms with Gasteiger partial charge in [0, 0.05) is 28.6 Å². The first-order chi connectivity index (χ1) is 56.5. The van der Waals surface area contributed by atoms with E-state index in [1.165, 1.54) is 50.1 Å². The van der Waals surface area contributed by atoms with Crippen LogP contribution in [0.15, 0.2) is 179 Å². The van der Waals surface area contributed by atoms with Gasteiger partial charge in [0.25, 0.3) is 0 Å². The molecule has 5 aliphatic rings. The lowest BCUT2D eigenvalue weighted by atomic mass is 9.92. The van der Waals surface area contributed by atoms with E-state index >= 15 is 0 Å². The topological polar surface area (TPSA) is 214 Å². The van der Waals surface area contributed by atoms with E-state index in [9.17, 15) is 37.5 Å². The van der Waals surface area contributed by atoms with Crippen LogP contribution in [0.25, 0.3) is 33.4 Å². The summed E-state index contributed by atoms with van der Waals surface area (Å²) in [7, 11) is 0. The van der Waals surface area contributed by atoms with E-state index in [0.29, 0.717) is 51.7 Å². The number of nitrogens with zero attached hydrogens (tertiary/aromatic N) is 1. The normalized spacial score (nSPS) is 21.2. The van der Waals surface area contributed by atoms with E-state index in [-0.39, 0.29) is 66.9 Å². The highest BCUT2D eigenvalue weighted by molar-refractivity contribution is 9.10. The summed E-state index contributed by atoms with van der Waals surface area (Å²) in [6, 6.07) is 59.0. The van der Waals surface area contributed by atoms with E-state index in [1.54, 1.807) is 0 Å². The van der Waals surface area contributed by atoms with E-state index in [2.05, 4.69) is 196 Å². The molecule has 7 aromatic rings. The Morgan fingerprint density at radius 1 is 0.403 bits per heavy atom. The molecule has 7 aromatic carbocycles. The van der Waals surface area contributed by atoms with E-state index in [4.69, 9.17) is 45.4 Å². The Morgan fingerprint density at radius 2 is 0.697 bits per heavy atom. The first kappa shape index (κ1) is 96.2. The lowest BCUT2D eigenvalue weighted by Gasteiger charge is -2.30. The van der Waals surface area contributed by atoms with E-state index in [0.717, 1.165) is 136 Å². The number of halogens is 4. The van der Waals surface area contributed by atoms with Crippen molar-refractivity contribution in [1.82, 2.24) is 21.3 Å². The number of hydrogen-bond donors (Lipinski definition) is 5. The maximum Gasteiger partial charge on any atom is 0.471 e. The number of carbonyl (C=O) groups excluding carboxylic acids is 4. The summed E-state index contributed by atoms with van der Waals surface area (Å²) in [5.41, 5.74) is 14.2. The molecule has 0 aromatic heterocycles. The molecule has 22 heteroatoms. The number of nitrogens with one attached hydrogen (secondary N) is 4. The minimum atomic E-state index is -4.84. The number of aliphatic hydroxyl groups excluding tert-OH is 1. The molecule has 0 heterocycles. The number of aryl methyl sites for hydroxylation is 3. The number of alkyl carbamates (subject to hydrolysis) is 3.